The summed E-state index contributed by atoms with van der Waals surface area (Å²) >= 11 is 0. The van der Waals surface area contributed by atoms with Crippen LogP contribution in [-0.2, 0) is 14.6 Å². The van der Waals surface area contributed by atoms with Gasteiger partial charge in [0.1, 0.15) is 6.17 Å². The molecule has 0 amide bonds. The summed E-state index contributed by atoms with van der Waals surface area (Å²) in [6.07, 6.45) is 0.318. The fourth-order valence-electron chi connectivity index (χ4n) is 1.53. The maximum Gasteiger partial charge on any atom is 0.397 e. The third-order valence-corrected chi connectivity index (χ3v) is 2.89. The smallest absolute Gasteiger partial charge is 0.264 e. The Hall–Kier alpha value is -0.200. The van der Waals surface area contributed by atoms with Crippen LogP contribution in [0, 0.1) is 0 Å². The Morgan fingerprint density at radius 2 is 1.92 bits per heavy atom. The van der Waals surface area contributed by atoms with Gasteiger partial charge in [0.15, 0.2) is 0 Å². The first-order valence-electron chi connectivity index (χ1n) is 4.13. The highest BCUT2D eigenvalue weighted by Crippen LogP contribution is 2.33. The predicted octanol–water partition coefficient (Wildman–Crippen LogP) is 1.48. The van der Waals surface area contributed by atoms with Crippen LogP contribution in [0.5, 0.6) is 0 Å². The lowest BCUT2D eigenvalue weighted by Crippen LogP contribution is -2.36. The summed E-state index contributed by atoms with van der Waals surface area (Å²) in [7, 11) is -4.42. The van der Waals surface area contributed by atoms with Crippen LogP contribution >= 0.6 is 0 Å². The van der Waals surface area contributed by atoms with Crippen LogP contribution in [-0.4, -0.2) is 24.7 Å². The Kier molecular flexibility index (Phi) is 2.94. The van der Waals surface area contributed by atoms with E-state index in [-0.39, 0.29) is 12.8 Å². The van der Waals surface area contributed by atoms with Gasteiger partial charge in [0.2, 0.25) is 0 Å². The number of alkyl halides is 1. The van der Waals surface area contributed by atoms with E-state index in [1.165, 1.54) is 0 Å². The Balaban J connectivity index is 2.58. The van der Waals surface area contributed by atoms with E-state index in [0.717, 1.165) is 0 Å². The third-order valence-electron chi connectivity index (χ3n) is 2.28. The Bertz CT molecular complexity index is 266. The molecule has 0 saturated heterocycles. The number of halogens is 1. The van der Waals surface area contributed by atoms with Crippen molar-refractivity contribution >= 4 is 10.4 Å². The summed E-state index contributed by atoms with van der Waals surface area (Å²) in [6, 6.07) is 0. The third kappa shape index (κ3) is 3.58. The van der Waals surface area contributed by atoms with Crippen molar-refractivity contribution in [2.24, 2.45) is 0 Å². The molecular formula is C7H13FO4S. The van der Waals surface area contributed by atoms with Crippen LogP contribution in [0.4, 0.5) is 4.39 Å². The molecule has 0 aromatic heterocycles. The fourth-order valence-corrected chi connectivity index (χ4v) is 2.21. The second kappa shape index (κ2) is 3.51. The predicted molar refractivity (Wildman–Crippen MR) is 44.4 cm³/mol. The van der Waals surface area contributed by atoms with Gasteiger partial charge in [-0.05, 0) is 32.6 Å². The number of hydrogen-bond acceptors (Lipinski definition) is 3. The molecule has 1 aliphatic rings. The summed E-state index contributed by atoms with van der Waals surface area (Å²) < 4.78 is 46.5. The molecule has 0 aromatic carbocycles. The molecule has 0 unspecified atom stereocenters. The van der Waals surface area contributed by atoms with Gasteiger partial charge >= 0.3 is 10.4 Å². The van der Waals surface area contributed by atoms with Crippen LogP contribution in [0.2, 0.25) is 0 Å². The second-order valence-corrected chi connectivity index (χ2v) is 4.66. The number of hydrogen-bond donors (Lipinski definition) is 1. The van der Waals surface area contributed by atoms with E-state index in [1.54, 1.807) is 6.92 Å². The topological polar surface area (TPSA) is 63.6 Å². The quantitative estimate of drug-likeness (QED) is 0.704. The summed E-state index contributed by atoms with van der Waals surface area (Å²) in [5.74, 6) is 0. The molecule has 13 heavy (non-hydrogen) atoms. The van der Waals surface area contributed by atoms with E-state index in [1.807, 2.05) is 0 Å². The van der Waals surface area contributed by atoms with Gasteiger partial charge in [-0.1, -0.05) is 0 Å². The zero-order valence-corrected chi connectivity index (χ0v) is 8.18. The second-order valence-electron chi connectivity index (χ2n) is 3.64. The average Bonchev–Trinajstić information content (AvgIpc) is 1.92. The van der Waals surface area contributed by atoms with Gasteiger partial charge in [-0.25, -0.2) is 8.57 Å². The van der Waals surface area contributed by atoms with Gasteiger partial charge in [-0.2, -0.15) is 8.42 Å². The molecule has 1 fully saturated rings. The van der Waals surface area contributed by atoms with Crippen molar-refractivity contribution in [3.63, 3.8) is 0 Å². The highest BCUT2D eigenvalue weighted by Gasteiger charge is 2.35. The molecule has 1 aliphatic carbocycles. The first-order valence-corrected chi connectivity index (χ1v) is 5.49. The zero-order valence-electron chi connectivity index (χ0n) is 7.36. The molecule has 0 aliphatic heterocycles. The molecule has 0 atom stereocenters. The van der Waals surface area contributed by atoms with Crippen LogP contribution in [0.25, 0.3) is 0 Å². The molecule has 78 valence electrons. The first kappa shape index (κ1) is 10.9. The molecule has 1 rings (SSSR count). The van der Waals surface area contributed by atoms with Crippen molar-refractivity contribution in [2.75, 3.05) is 0 Å². The Labute approximate surface area is 77.0 Å². The standard InChI is InChI=1S/C7H13FO4S/c1-7(12-13(9,10)11)4-2-6(8)3-5-7/h6H,2-5H2,1H3,(H,9,10,11). The lowest BCUT2D eigenvalue weighted by atomic mass is 9.86. The lowest BCUT2D eigenvalue weighted by molar-refractivity contribution is 0.0210. The molecular weight excluding hydrogens is 199 g/mol. The lowest BCUT2D eigenvalue weighted by Gasteiger charge is -2.32. The van der Waals surface area contributed by atoms with Gasteiger partial charge in [-0.3, -0.25) is 4.55 Å². The van der Waals surface area contributed by atoms with Crippen molar-refractivity contribution in [3.8, 4) is 0 Å². The van der Waals surface area contributed by atoms with Crippen LogP contribution in [0.15, 0.2) is 0 Å². The molecule has 0 spiro atoms. The Morgan fingerprint density at radius 1 is 1.46 bits per heavy atom. The first-order chi connectivity index (χ1) is 5.81. The summed E-state index contributed by atoms with van der Waals surface area (Å²) in [5, 5.41) is 0. The highest BCUT2D eigenvalue weighted by molar-refractivity contribution is 7.80. The van der Waals surface area contributed by atoms with Gasteiger partial charge in [-0.15, -0.1) is 0 Å². The van der Waals surface area contributed by atoms with Crippen molar-refractivity contribution < 1.29 is 21.5 Å². The van der Waals surface area contributed by atoms with Gasteiger partial charge in [0.05, 0.1) is 5.60 Å². The van der Waals surface area contributed by atoms with E-state index in [0.29, 0.717) is 12.8 Å². The van der Waals surface area contributed by atoms with Crippen molar-refractivity contribution in [2.45, 2.75) is 44.4 Å². The van der Waals surface area contributed by atoms with Crippen LogP contribution in [0.3, 0.4) is 0 Å². The fraction of sp³-hybridized carbons (Fsp3) is 1.00. The van der Waals surface area contributed by atoms with E-state index in [9.17, 15) is 12.8 Å². The van der Waals surface area contributed by atoms with E-state index in [2.05, 4.69) is 4.18 Å². The summed E-state index contributed by atoms with van der Waals surface area (Å²) in [4.78, 5) is 0. The van der Waals surface area contributed by atoms with Crippen LogP contribution < -0.4 is 0 Å². The minimum Gasteiger partial charge on any atom is -0.264 e. The van der Waals surface area contributed by atoms with Crippen molar-refractivity contribution in [1.29, 1.82) is 0 Å². The maximum atomic E-state index is 12.7. The molecule has 1 saturated carbocycles. The largest absolute Gasteiger partial charge is 0.397 e. The van der Waals surface area contributed by atoms with E-state index >= 15 is 0 Å². The van der Waals surface area contributed by atoms with E-state index in [4.69, 9.17) is 4.55 Å². The minimum absolute atomic E-state index is 0.284. The van der Waals surface area contributed by atoms with Crippen LogP contribution in [0.1, 0.15) is 32.6 Å². The molecule has 0 radical (unpaired) electrons. The maximum absolute atomic E-state index is 12.7. The highest BCUT2D eigenvalue weighted by atomic mass is 32.3. The van der Waals surface area contributed by atoms with Crippen molar-refractivity contribution in [1.82, 2.24) is 0 Å². The zero-order chi connectivity index (χ0) is 10.1. The molecule has 0 heterocycles. The van der Waals surface area contributed by atoms with Gasteiger partial charge < -0.3 is 0 Å². The van der Waals surface area contributed by atoms with Gasteiger partial charge in [0, 0.05) is 0 Å². The monoisotopic (exact) mass is 212 g/mol. The molecule has 1 N–H and O–H groups in total. The molecule has 6 heteroatoms. The summed E-state index contributed by atoms with van der Waals surface area (Å²) in [6.45, 7) is 1.56. The summed E-state index contributed by atoms with van der Waals surface area (Å²) in [5.41, 5.74) is -0.934. The average molecular weight is 212 g/mol. The molecule has 0 bridgehead atoms. The Morgan fingerprint density at radius 3 is 2.31 bits per heavy atom. The minimum atomic E-state index is -4.42. The molecule has 0 aromatic rings. The number of rotatable bonds is 2. The molecule has 4 nitrogen and oxygen atoms in total. The van der Waals surface area contributed by atoms with E-state index < -0.39 is 22.2 Å². The SMILES string of the molecule is CC1(OS(=O)(=O)O)CCC(F)CC1. The van der Waals surface area contributed by atoms with Gasteiger partial charge in [0.25, 0.3) is 0 Å². The normalized spacial score (nSPS) is 36.1. The van der Waals surface area contributed by atoms with Crippen molar-refractivity contribution in [3.05, 3.63) is 0 Å².